The van der Waals surface area contributed by atoms with Gasteiger partial charge in [0.15, 0.2) is 5.82 Å². The van der Waals surface area contributed by atoms with Crippen molar-refractivity contribution in [1.29, 1.82) is 0 Å². The Hall–Kier alpha value is -2.04. The van der Waals surface area contributed by atoms with Crippen LogP contribution in [0.2, 0.25) is 0 Å². The monoisotopic (exact) mass is 224 g/mol. The molecule has 1 aromatic carbocycles. The van der Waals surface area contributed by atoms with Crippen LogP contribution in [0.15, 0.2) is 30.5 Å². The minimum absolute atomic E-state index is 0.123. The third kappa shape index (κ3) is 1.84. The van der Waals surface area contributed by atoms with Crippen LogP contribution in [0, 0.1) is 17.5 Å². The lowest BCUT2D eigenvalue weighted by Gasteiger charge is -2.04. The van der Waals surface area contributed by atoms with Crippen LogP contribution in [0.25, 0.3) is 11.3 Å². The molecule has 2 N–H and O–H groups in total. The summed E-state index contributed by atoms with van der Waals surface area (Å²) in [5.74, 6) is -2.18. The highest BCUT2D eigenvalue weighted by Crippen LogP contribution is 2.25. The van der Waals surface area contributed by atoms with E-state index in [1.165, 1.54) is 6.20 Å². The Bertz CT molecular complexity index is 541. The molecule has 0 aliphatic heterocycles. The van der Waals surface area contributed by atoms with Crippen molar-refractivity contribution in [2.75, 3.05) is 5.73 Å². The zero-order valence-corrected chi connectivity index (χ0v) is 8.05. The third-order valence-corrected chi connectivity index (χ3v) is 2.05. The number of nitrogens with zero attached hydrogens (tertiary/aromatic N) is 1. The second-order valence-electron chi connectivity index (χ2n) is 3.22. The lowest BCUT2D eigenvalue weighted by atomic mass is 10.1. The van der Waals surface area contributed by atoms with Gasteiger partial charge in [-0.3, -0.25) is 4.98 Å². The Morgan fingerprint density at radius 1 is 1.00 bits per heavy atom. The lowest BCUT2D eigenvalue weighted by molar-refractivity contribution is 0.595. The van der Waals surface area contributed by atoms with Gasteiger partial charge in [0.2, 0.25) is 0 Å². The summed E-state index contributed by atoms with van der Waals surface area (Å²) < 4.78 is 39.6. The highest BCUT2D eigenvalue weighted by Gasteiger charge is 2.12. The standard InChI is InChI=1S/C11H7F3N2/c12-6-1-2-9(13)8(3-6)11-10(14)4-7(15)5-16-11/h1-5H,15H2. The van der Waals surface area contributed by atoms with Crippen LogP contribution < -0.4 is 5.73 Å². The molecule has 2 nitrogen and oxygen atoms in total. The van der Waals surface area contributed by atoms with Gasteiger partial charge in [-0.25, -0.2) is 13.2 Å². The summed E-state index contributed by atoms with van der Waals surface area (Å²) >= 11 is 0. The van der Waals surface area contributed by atoms with Crippen LogP contribution in [-0.2, 0) is 0 Å². The SMILES string of the molecule is Nc1cnc(-c2cc(F)ccc2F)c(F)c1. The van der Waals surface area contributed by atoms with Gasteiger partial charge < -0.3 is 5.73 Å². The first-order valence-electron chi connectivity index (χ1n) is 4.44. The number of rotatable bonds is 1. The first kappa shape index (κ1) is 10.5. The summed E-state index contributed by atoms with van der Waals surface area (Å²) in [7, 11) is 0. The maximum absolute atomic E-state index is 13.4. The summed E-state index contributed by atoms with van der Waals surface area (Å²) in [6.07, 6.45) is 1.18. The molecule has 0 fully saturated rings. The molecule has 0 bridgehead atoms. The molecule has 0 saturated heterocycles. The Morgan fingerprint density at radius 3 is 2.44 bits per heavy atom. The van der Waals surface area contributed by atoms with Crippen LogP contribution in [-0.4, -0.2) is 4.98 Å². The van der Waals surface area contributed by atoms with E-state index in [1.807, 2.05) is 0 Å². The van der Waals surface area contributed by atoms with E-state index in [9.17, 15) is 13.2 Å². The molecule has 0 amide bonds. The minimum atomic E-state index is -0.787. The molecule has 0 aliphatic carbocycles. The van der Waals surface area contributed by atoms with Crippen molar-refractivity contribution in [1.82, 2.24) is 4.98 Å². The van der Waals surface area contributed by atoms with Crippen molar-refractivity contribution in [3.63, 3.8) is 0 Å². The zero-order valence-electron chi connectivity index (χ0n) is 8.05. The van der Waals surface area contributed by atoms with Crippen LogP contribution in [0.4, 0.5) is 18.9 Å². The molecule has 0 unspecified atom stereocenters. The molecule has 1 aromatic heterocycles. The minimum Gasteiger partial charge on any atom is -0.397 e. The second-order valence-corrected chi connectivity index (χ2v) is 3.22. The lowest BCUT2D eigenvalue weighted by Crippen LogP contribution is -1.96. The molecule has 0 spiro atoms. The Labute approximate surface area is 89.5 Å². The summed E-state index contributed by atoms with van der Waals surface area (Å²) in [5, 5.41) is 0. The Kier molecular flexibility index (Phi) is 2.52. The van der Waals surface area contributed by atoms with Gasteiger partial charge in [0.1, 0.15) is 17.3 Å². The van der Waals surface area contributed by atoms with Gasteiger partial charge in [-0.2, -0.15) is 0 Å². The van der Waals surface area contributed by atoms with Crippen molar-refractivity contribution in [3.05, 3.63) is 47.9 Å². The molecule has 2 aromatic rings. The number of nitrogens with two attached hydrogens (primary N) is 1. The van der Waals surface area contributed by atoms with E-state index in [-0.39, 0.29) is 16.9 Å². The maximum atomic E-state index is 13.4. The smallest absolute Gasteiger partial charge is 0.151 e. The topological polar surface area (TPSA) is 38.9 Å². The molecule has 0 saturated carbocycles. The van der Waals surface area contributed by atoms with Crippen LogP contribution in [0.5, 0.6) is 0 Å². The molecule has 82 valence electrons. The molecule has 0 radical (unpaired) electrons. The van der Waals surface area contributed by atoms with E-state index in [2.05, 4.69) is 4.98 Å². The molecule has 16 heavy (non-hydrogen) atoms. The van der Waals surface area contributed by atoms with Gasteiger partial charge in [-0.1, -0.05) is 0 Å². The largest absolute Gasteiger partial charge is 0.397 e. The Balaban J connectivity index is 2.62. The highest BCUT2D eigenvalue weighted by molar-refractivity contribution is 5.62. The van der Waals surface area contributed by atoms with Gasteiger partial charge in [0, 0.05) is 11.6 Å². The summed E-state index contributed by atoms with van der Waals surface area (Å²) in [6, 6.07) is 3.76. The van der Waals surface area contributed by atoms with Gasteiger partial charge in [-0.05, 0) is 18.2 Å². The normalized spacial score (nSPS) is 10.4. The predicted octanol–water partition coefficient (Wildman–Crippen LogP) is 2.75. The number of anilines is 1. The van der Waals surface area contributed by atoms with E-state index in [4.69, 9.17) is 5.73 Å². The molecule has 1 heterocycles. The maximum Gasteiger partial charge on any atom is 0.151 e. The van der Waals surface area contributed by atoms with E-state index >= 15 is 0 Å². The predicted molar refractivity (Wildman–Crippen MR) is 54.0 cm³/mol. The Morgan fingerprint density at radius 2 is 1.75 bits per heavy atom. The van der Waals surface area contributed by atoms with E-state index in [0.717, 1.165) is 24.3 Å². The van der Waals surface area contributed by atoms with Crippen molar-refractivity contribution < 1.29 is 13.2 Å². The molecule has 2 rings (SSSR count). The number of aromatic nitrogens is 1. The van der Waals surface area contributed by atoms with Crippen molar-refractivity contribution >= 4 is 5.69 Å². The number of benzene rings is 1. The molecule has 5 heteroatoms. The van der Waals surface area contributed by atoms with Gasteiger partial charge in [0.05, 0.1) is 11.9 Å². The number of pyridine rings is 1. The number of nitrogen functional groups attached to an aromatic ring is 1. The fraction of sp³-hybridized carbons (Fsp3) is 0. The average molecular weight is 224 g/mol. The second kappa shape index (κ2) is 3.84. The first-order chi connectivity index (χ1) is 7.58. The highest BCUT2D eigenvalue weighted by atomic mass is 19.1. The quantitative estimate of drug-likeness (QED) is 0.808. The summed E-state index contributed by atoms with van der Waals surface area (Å²) in [6.45, 7) is 0. The van der Waals surface area contributed by atoms with Crippen LogP contribution in [0.1, 0.15) is 0 Å². The average Bonchev–Trinajstić information content (AvgIpc) is 2.22. The number of halogens is 3. The van der Waals surface area contributed by atoms with Gasteiger partial charge in [0.25, 0.3) is 0 Å². The van der Waals surface area contributed by atoms with Gasteiger partial charge >= 0.3 is 0 Å². The first-order valence-corrected chi connectivity index (χ1v) is 4.44. The summed E-state index contributed by atoms with van der Waals surface area (Å²) in [5.41, 5.74) is 4.94. The van der Waals surface area contributed by atoms with Crippen molar-refractivity contribution in [3.8, 4) is 11.3 Å². The van der Waals surface area contributed by atoms with E-state index < -0.39 is 17.5 Å². The fourth-order valence-electron chi connectivity index (χ4n) is 1.33. The van der Waals surface area contributed by atoms with Crippen molar-refractivity contribution in [2.45, 2.75) is 0 Å². The third-order valence-electron chi connectivity index (χ3n) is 2.05. The van der Waals surface area contributed by atoms with E-state index in [0.29, 0.717) is 0 Å². The zero-order chi connectivity index (χ0) is 11.7. The fourth-order valence-corrected chi connectivity index (χ4v) is 1.33. The summed E-state index contributed by atoms with van der Waals surface area (Å²) in [4.78, 5) is 3.64. The number of hydrogen-bond donors (Lipinski definition) is 1. The van der Waals surface area contributed by atoms with Gasteiger partial charge in [-0.15, -0.1) is 0 Å². The van der Waals surface area contributed by atoms with E-state index in [1.54, 1.807) is 0 Å². The van der Waals surface area contributed by atoms with Crippen molar-refractivity contribution in [2.24, 2.45) is 0 Å². The molecule has 0 atom stereocenters. The molecular formula is C11H7F3N2. The van der Waals surface area contributed by atoms with Crippen LogP contribution in [0.3, 0.4) is 0 Å². The molecular weight excluding hydrogens is 217 g/mol. The van der Waals surface area contributed by atoms with Crippen LogP contribution >= 0.6 is 0 Å². The number of hydrogen-bond acceptors (Lipinski definition) is 2. The molecule has 0 aliphatic rings.